The number of sulfonamides is 1. The van der Waals surface area contributed by atoms with Crippen LogP contribution in [0.2, 0.25) is 0 Å². The van der Waals surface area contributed by atoms with E-state index >= 15 is 0 Å². The SMILES string of the molecule is Cc1c(-c2ccc3c(c2NC(=O)NS(C)(=O)=O)CCC3)ccnc1OC1CCN(C)CC1. The second-order valence-electron chi connectivity index (χ2n) is 8.72. The number of amides is 2. The van der Waals surface area contributed by atoms with Crippen LogP contribution in [0.25, 0.3) is 11.1 Å². The van der Waals surface area contributed by atoms with Crippen molar-refractivity contribution >= 4 is 21.7 Å². The number of carbonyl (C=O) groups excluding carboxylic acids is 1. The van der Waals surface area contributed by atoms with Gasteiger partial charge in [0.1, 0.15) is 6.10 Å². The second kappa shape index (κ2) is 9.07. The number of nitrogens with one attached hydrogen (secondary N) is 2. The van der Waals surface area contributed by atoms with Crippen LogP contribution in [-0.2, 0) is 22.9 Å². The number of aryl methyl sites for hydroxylation is 1. The number of nitrogens with zero attached hydrogens (tertiary/aromatic N) is 2. The van der Waals surface area contributed by atoms with Crippen molar-refractivity contribution in [1.82, 2.24) is 14.6 Å². The second-order valence-corrected chi connectivity index (χ2v) is 10.5. The highest BCUT2D eigenvalue weighted by Crippen LogP contribution is 2.40. The Bertz CT molecular complexity index is 1130. The molecule has 1 aliphatic heterocycles. The molecule has 8 nitrogen and oxygen atoms in total. The van der Waals surface area contributed by atoms with Gasteiger partial charge in [-0.3, -0.25) is 0 Å². The van der Waals surface area contributed by atoms with Gasteiger partial charge in [0.15, 0.2) is 0 Å². The Labute approximate surface area is 189 Å². The van der Waals surface area contributed by atoms with Crippen molar-refractivity contribution in [2.45, 2.75) is 45.1 Å². The number of hydrogen-bond acceptors (Lipinski definition) is 6. The van der Waals surface area contributed by atoms with Gasteiger partial charge in [-0.05, 0) is 68.8 Å². The zero-order chi connectivity index (χ0) is 22.9. The van der Waals surface area contributed by atoms with Gasteiger partial charge in [-0.2, -0.15) is 0 Å². The van der Waals surface area contributed by atoms with Gasteiger partial charge in [0.25, 0.3) is 0 Å². The molecule has 0 saturated carbocycles. The predicted octanol–water partition coefficient (Wildman–Crippen LogP) is 3.10. The van der Waals surface area contributed by atoms with E-state index in [0.717, 1.165) is 73.7 Å². The van der Waals surface area contributed by atoms with Crippen molar-refractivity contribution in [1.29, 1.82) is 0 Å². The predicted molar refractivity (Wildman–Crippen MR) is 125 cm³/mol. The van der Waals surface area contributed by atoms with Crippen LogP contribution in [0.4, 0.5) is 10.5 Å². The molecule has 2 heterocycles. The van der Waals surface area contributed by atoms with Gasteiger partial charge in [0.2, 0.25) is 15.9 Å². The van der Waals surface area contributed by atoms with E-state index in [9.17, 15) is 13.2 Å². The van der Waals surface area contributed by atoms with Crippen molar-refractivity contribution in [2.75, 3.05) is 31.7 Å². The molecule has 2 aliphatic rings. The Balaban J connectivity index is 1.68. The number of likely N-dealkylation sites (tertiary alicyclic amines) is 1. The first-order valence-electron chi connectivity index (χ1n) is 11.0. The lowest BCUT2D eigenvalue weighted by Gasteiger charge is -2.29. The summed E-state index contributed by atoms with van der Waals surface area (Å²) in [6.45, 7) is 3.97. The quantitative estimate of drug-likeness (QED) is 0.714. The normalized spacial score (nSPS) is 17.1. The molecule has 2 aromatic rings. The molecular weight excluding hydrogens is 428 g/mol. The van der Waals surface area contributed by atoms with Crippen molar-refractivity contribution in [3.8, 4) is 17.0 Å². The molecule has 4 rings (SSSR count). The molecule has 1 fully saturated rings. The van der Waals surface area contributed by atoms with Crippen molar-refractivity contribution in [3.63, 3.8) is 0 Å². The van der Waals surface area contributed by atoms with Crippen LogP contribution in [0.3, 0.4) is 0 Å². The number of ether oxygens (including phenoxy) is 1. The van der Waals surface area contributed by atoms with Crippen LogP contribution in [0.1, 0.15) is 36.0 Å². The summed E-state index contributed by atoms with van der Waals surface area (Å²) in [6, 6.07) is 5.23. The third-order valence-electron chi connectivity index (χ3n) is 6.19. The molecule has 2 amide bonds. The van der Waals surface area contributed by atoms with Gasteiger partial charge in [-0.1, -0.05) is 12.1 Å². The molecule has 1 aliphatic carbocycles. The standard InChI is InChI=1S/C23H30N4O4S/c1-15-18(9-12-24-22(15)31-17-10-13-27(2)14-11-17)20-8-7-16-5-4-6-19(16)21(20)25-23(28)26-32(3,29)30/h7-9,12,17H,4-6,10-11,13-14H2,1-3H3,(H2,25,26,28). The zero-order valence-electron chi connectivity index (χ0n) is 18.8. The molecule has 2 N–H and O–H groups in total. The minimum Gasteiger partial charge on any atom is -0.474 e. The van der Waals surface area contributed by atoms with Crippen LogP contribution in [-0.4, -0.2) is 56.8 Å². The van der Waals surface area contributed by atoms with Gasteiger partial charge in [-0.25, -0.2) is 22.9 Å². The number of pyridine rings is 1. The van der Waals surface area contributed by atoms with E-state index in [4.69, 9.17) is 4.74 Å². The van der Waals surface area contributed by atoms with Crippen LogP contribution in [0.5, 0.6) is 5.88 Å². The molecule has 0 bridgehead atoms. The fourth-order valence-corrected chi connectivity index (χ4v) is 4.92. The minimum absolute atomic E-state index is 0.130. The molecule has 0 atom stereocenters. The first kappa shape index (κ1) is 22.5. The number of hydrogen-bond donors (Lipinski definition) is 2. The molecule has 32 heavy (non-hydrogen) atoms. The summed E-state index contributed by atoms with van der Waals surface area (Å²) in [6.07, 6.45) is 7.51. The third kappa shape index (κ3) is 5.05. The Morgan fingerprint density at radius 2 is 1.91 bits per heavy atom. The maximum absolute atomic E-state index is 12.4. The molecule has 0 unspecified atom stereocenters. The largest absolute Gasteiger partial charge is 0.474 e. The van der Waals surface area contributed by atoms with E-state index in [1.807, 2.05) is 23.8 Å². The Hall–Kier alpha value is -2.65. The van der Waals surface area contributed by atoms with Gasteiger partial charge < -0.3 is 15.0 Å². The average molecular weight is 459 g/mol. The summed E-state index contributed by atoms with van der Waals surface area (Å²) in [5.41, 5.74) is 5.53. The Kier molecular flexibility index (Phi) is 6.39. The molecule has 0 radical (unpaired) electrons. The van der Waals surface area contributed by atoms with Crippen LogP contribution >= 0.6 is 0 Å². The maximum Gasteiger partial charge on any atom is 0.332 e. The van der Waals surface area contributed by atoms with Gasteiger partial charge in [0.05, 0.1) is 11.9 Å². The van der Waals surface area contributed by atoms with Crippen LogP contribution < -0.4 is 14.8 Å². The number of carbonyl (C=O) groups is 1. The number of benzene rings is 1. The van der Waals surface area contributed by atoms with Gasteiger partial charge in [-0.15, -0.1) is 0 Å². The third-order valence-corrected chi connectivity index (χ3v) is 6.75. The fraction of sp³-hybridized carbons (Fsp3) is 0.478. The molecule has 1 aromatic heterocycles. The van der Waals surface area contributed by atoms with Crippen molar-refractivity contribution in [3.05, 3.63) is 41.1 Å². The molecule has 1 saturated heterocycles. The van der Waals surface area contributed by atoms with E-state index in [1.165, 1.54) is 5.56 Å². The van der Waals surface area contributed by atoms with Gasteiger partial charge >= 0.3 is 6.03 Å². The van der Waals surface area contributed by atoms with E-state index in [2.05, 4.69) is 28.3 Å². The first-order valence-corrected chi connectivity index (χ1v) is 12.8. The number of anilines is 1. The number of urea groups is 1. The van der Waals surface area contributed by atoms with Crippen molar-refractivity contribution in [2.24, 2.45) is 0 Å². The summed E-state index contributed by atoms with van der Waals surface area (Å²) in [5, 5.41) is 2.80. The smallest absolute Gasteiger partial charge is 0.332 e. The summed E-state index contributed by atoms with van der Waals surface area (Å²) in [5.74, 6) is 0.601. The lowest BCUT2D eigenvalue weighted by molar-refractivity contribution is 0.109. The van der Waals surface area contributed by atoms with Crippen molar-refractivity contribution < 1.29 is 17.9 Å². The summed E-state index contributed by atoms with van der Waals surface area (Å²) >= 11 is 0. The summed E-state index contributed by atoms with van der Waals surface area (Å²) in [4.78, 5) is 19.2. The minimum atomic E-state index is -3.67. The number of rotatable bonds is 5. The highest BCUT2D eigenvalue weighted by Gasteiger charge is 2.24. The molecule has 172 valence electrons. The van der Waals surface area contributed by atoms with E-state index in [-0.39, 0.29) is 6.10 Å². The van der Waals surface area contributed by atoms with Gasteiger partial charge in [0, 0.05) is 30.4 Å². The zero-order valence-corrected chi connectivity index (χ0v) is 19.6. The number of piperidine rings is 1. The molecule has 9 heteroatoms. The average Bonchev–Trinajstić information content (AvgIpc) is 3.20. The van der Waals surface area contributed by atoms with E-state index in [0.29, 0.717) is 11.6 Å². The highest BCUT2D eigenvalue weighted by molar-refractivity contribution is 7.89. The lowest BCUT2D eigenvalue weighted by atomic mass is 9.95. The Morgan fingerprint density at radius 1 is 1.16 bits per heavy atom. The molecule has 0 spiro atoms. The first-order chi connectivity index (χ1) is 15.2. The fourth-order valence-electron chi connectivity index (χ4n) is 4.53. The van der Waals surface area contributed by atoms with Crippen LogP contribution in [0.15, 0.2) is 24.4 Å². The molecule has 1 aromatic carbocycles. The topological polar surface area (TPSA) is 101 Å². The maximum atomic E-state index is 12.4. The summed E-state index contributed by atoms with van der Waals surface area (Å²) in [7, 11) is -1.55. The summed E-state index contributed by atoms with van der Waals surface area (Å²) < 4.78 is 31.3. The van der Waals surface area contributed by atoms with E-state index < -0.39 is 16.1 Å². The lowest BCUT2D eigenvalue weighted by Crippen LogP contribution is -2.35. The van der Waals surface area contributed by atoms with Crippen LogP contribution in [0, 0.1) is 6.92 Å². The molecular formula is C23H30N4O4S. The van der Waals surface area contributed by atoms with E-state index in [1.54, 1.807) is 6.20 Å². The number of fused-ring (bicyclic) bond motifs is 1. The Morgan fingerprint density at radius 3 is 2.62 bits per heavy atom. The monoisotopic (exact) mass is 458 g/mol. The number of aromatic nitrogens is 1. The highest BCUT2D eigenvalue weighted by atomic mass is 32.2.